The average Bonchev–Trinajstić information content (AvgIpc) is 2.48. The minimum absolute atomic E-state index is 0.147. The summed E-state index contributed by atoms with van der Waals surface area (Å²) >= 11 is 3.55. The number of nitrogens with zero attached hydrogens (tertiary/aromatic N) is 1. The molecule has 5 heteroatoms. The predicted octanol–water partition coefficient (Wildman–Crippen LogP) is 2.96. The molecular weight excluding hydrogens is 332 g/mol. The van der Waals surface area contributed by atoms with Crippen molar-refractivity contribution in [1.29, 1.82) is 0 Å². The molecule has 0 aromatic heterocycles. The van der Waals surface area contributed by atoms with Crippen LogP contribution in [0.25, 0.3) is 0 Å². The molecule has 4 nitrogen and oxygen atoms in total. The first-order valence-corrected chi connectivity index (χ1v) is 8.30. The van der Waals surface area contributed by atoms with Crippen LogP contribution in [0.2, 0.25) is 0 Å². The van der Waals surface area contributed by atoms with Crippen molar-refractivity contribution in [2.24, 2.45) is 5.73 Å². The van der Waals surface area contributed by atoms with E-state index in [1.54, 1.807) is 7.11 Å². The van der Waals surface area contributed by atoms with E-state index in [2.05, 4.69) is 40.7 Å². The zero-order chi connectivity index (χ0) is 15.4. The third-order valence-corrected chi connectivity index (χ3v) is 4.65. The van der Waals surface area contributed by atoms with Crippen molar-refractivity contribution in [3.05, 3.63) is 28.2 Å². The Morgan fingerprint density at radius 2 is 2.29 bits per heavy atom. The van der Waals surface area contributed by atoms with Gasteiger partial charge in [0.2, 0.25) is 0 Å². The molecule has 1 fully saturated rings. The molecule has 118 valence electrons. The molecule has 1 aliphatic rings. The maximum atomic E-state index is 6.12. The molecule has 0 spiro atoms. The summed E-state index contributed by atoms with van der Waals surface area (Å²) in [5, 5.41) is 0. The third kappa shape index (κ3) is 3.77. The van der Waals surface area contributed by atoms with Crippen LogP contribution in [-0.4, -0.2) is 43.9 Å². The highest BCUT2D eigenvalue weighted by Gasteiger charge is 2.32. The summed E-state index contributed by atoms with van der Waals surface area (Å²) in [6, 6.07) is 6.65. The highest BCUT2D eigenvalue weighted by atomic mass is 79.9. The Morgan fingerprint density at radius 1 is 1.52 bits per heavy atom. The van der Waals surface area contributed by atoms with Gasteiger partial charge >= 0.3 is 0 Å². The smallest absolute Gasteiger partial charge is 0.123 e. The molecule has 2 N–H and O–H groups in total. The summed E-state index contributed by atoms with van der Waals surface area (Å²) in [6.45, 7) is 6.55. The second-order valence-corrected chi connectivity index (χ2v) is 6.46. The van der Waals surface area contributed by atoms with E-state index in [1.807, 2.05) is 12.1 Å². The lowest BCUT2D eigenvalue weighted by molar-refractivity contribution is -0.0721. The van der Waals surface area contributed by atoms with Crippen LogP contribution in [0, 0.1) is 0 Å². The predicted molar refractivity (Wildman–Crippen MR) is 88.7 cm³/mol. The molecule has 0 aliphatic carbocycles. The van der Waals surface area contributed by atoms with Gasteiger partial charge in [-0.05, 0) is 31.5 Å². The Hall–Kier alpha value is -0.620. The second-order valence-electron chi connectivity index (χ2n) is 5.54. The summed E-state index contributed by atoms with van der Waals surface area (Å²) in [7, 11) is 1.71. The summed E-state index contributed by atoms with van der Waals surface area (Å²) in [6.07, 6.45) is 1.29. The zero-order valence-electron chi connectivity index (χ0n) is 13.0. The quantitative estimate of drug-likeness (QED) is 0.880. The molecule has 1 heterocycles. The minimum atomic E-state index is 0.147. The lowest BCUT2D eigenvalue weighted by atomic mass is 9.99. The van der Waals surface area contributed by atoms with E-state index >= 15 is 0 Å². The van der Waals surface area contributed by atoms with Crippen LogP contribution in [0.4, 0.5) is 0 Å². The molecular formula is C16H25BrN2O2. The van der Waals surface area contributed by atoms with Gasteiger partial charge in [-0.3, -0.25) is 4.90 Å². The first-order chi connectivity index (χ1) is 10.1. The van der Waals surface area contributed by atoms with Gasteiger partial charge in [0.25, 0.3) is 0 Å². The molecule has 21 heavy (non-hydrogen) atoms. The highest BCUT2D eigenvalue weighted by Crippen LogP contribution is 2.34. The highest BCUT2D eigenvalue weighted by molar-refractivity contribution is 9.10. The standard InChI is InChI=1S/C16H25BrN2O2/c1-4-13-10-21-11(2)9-19(13)15(8-18)14-7-12(17)5-6-16(14)20-3/h5-7,11,13,15H,4,8-10,18H2,1-3H3. The molecule has 2 rings (SSSR count). The molecule has 0 amide bonds. The summed E-state index contributed by atoms with van der Waals surface area (Å²) < 4.78 is 12.4. The number of morpholine rings is 1. The van der Waals surface area contributed by atoms with Crippen LogP contribution in [0.1, 0.15) is 31.9 Å². The first kappa shape index (κ1) is 16.7. The fourth-order valence-electron chi connectivity index (χ4n) is 3.01. The zero-order valence-corrected chi connectivity index (χ0v) is 14.6. The van der Waals surface area contributed by atoms with E-state index in [-0.39, 0.29) is 12.1 Å². The van der Waals surface area contributed by atoms with Crippen molar-refractivity contribution in [3.8, 4) is 5.75 Å². The Bertz CT molecular complexity index is 470. The number of nitrogens with two attached hydrogens (primary N) is 1. The Morgan fingerprint density at radius 3 is 2.90 bits per heavy atom. The van der Waals surface area contributed by atoms with Gasteiger partial charge in [-0.25, -0.2) is 0 Å². The van der Waals surface area contributed by atoms with Crippen LogP contribution < -0.4 is 10.5 Å². The Balaban J connectivity index is 2.35. The molecule has 1 aliphatic heterocycles. The van der Waals surface area contributed by atoms with Crippen molar-refractivity contribution in [2.75, 3.05) is 26.8 Å². The van der Waals surface area contributed by atoms with Gasteiger partial charge in [0.15, 0.2) is 0 Å². The van der Waals surface area contributed by atoms with Crippen molar-refractivity contribution >= 4 is 15.9 Å². The van der Waals surface area contributed by atoms with Gasteiger partial charge in [0.1, 0.15) is 5.75 Å². The van der Waals surface area contributed by atoms with Crippen LogP contribution in [-0.2, 0) is 4.74 Å². The van der Waals surface area contributed by atoms with Gasteiger partial charge in [0, 0.05) is 29.2 Å². The summed E-state index contributed by atoms with van der Waals surface area (Å²) in [5.74, 6) is 0.891. The molecule has 1 aromatic rings. The Kier molecular flexibility index (Phi) is 6.05. The van der Waals surface area contributed by atoms with Crippen LogP contribution >= 0.6 is 15.9 Å². The number of ether oxygens (including phenoxy) is 2. The maximum absolute atomic E-state index is 6.12. The van der Waals surface area contributed by atoms with E-state index < -0.39 is 0 Å². The van der Waals surface area contributed by atoms with Gasteiger partial charge in [-0.15, -0.1) is 0 Å². The monoisotopic (exact) mass is 356 g/mol. The van der Waals surface area contributed by atoms with Crippen molar-refractivity contribution in [1.82, 2.24) is 4.90 Å². The van der Waals surface area contributed by atoms with Crippen LogP contribution in [0.15, 0.2) is 22.7 Å². The normalized spacial score (nSPS) is 24.8. The SMILES string of the molecule is CCC1COC(C)CN1C(CN)c1cc(Br)ccc1OC. The fraction of sp³-hybridized carbons (Fsp3) is 0.625. The number of methoxy groups -OCH3 is 1. The molecule has 0 bridgehead atoms. The molecule has 3 unspecified atom stereocenters. The maximum Gasteiger partial charge on any atom is 0.123 e. The second kappa shape index (κ2) is 7.58. The molecule has 0 saturated carbocycles. The summed E-state index contributed by atoms with van der Waals surface area (Å²) in [4.78, 5) is 2.47. The van der Waals surface area contributed by atoms with E-state index in [0.717, 1.165) is 35.4 Å². The van der Waals surface area contributed by atoms with Gasteiger partial charge in [-0.2, -0.15) is 0 Å². The summed E-state index contributed by atoms with van der Waals surface area (Å²) in [5.41, 5.74) is 7.26. The average molecular weight is 357 g/mol. The molecule has 1 saturated heterocycles. The van der Waals surface area contributed by atoms with E-state index in [4.69, 9.17) is 15.2 Å². The number of hydrogen-bond donors (Lipinski definition) is 1. The number of halogens is 1. The van der Waals surface area contributed by atoms with Crippen molar-refractivity contribution in [3.63, 3.8) is 0 Å². The number of benzene rings is 1. The Labute approximate surface area is 135 Å². The minimum Gasteiger partial charge on any atom is -0.496 e. The molecule has 3 atom stereocenters. The van der Waals surface area contributed by atoms with Gasteiger partial charge < -0.3 is 15.2 Å². The first-order valence-electron chi connectivity index (χ1n) is 7.51. The van der Waals surface area contributed by atoms with Gasteiger partial charge in [-0.1, -0.05) is 22.9 Å². The number of hydrogen-bond acceptors (Lipinski definition) is 4. The lowest BCUT2D eigenvalue weighted by Gasteiger charge is -2.43. The van der Waals surface area contributed by atoms with E-state index in [9.17, 15) is 0 Å². The van der Waals surface area contributed by atoms with Crippen molar-refractivity contribution < 1.29 is 9.47 Å². The van der Waals surface area contributed by atoms with E-state index in [0.29, 0.717) is 12.6 Å². The largest absolute Gasteiger partial charge is 0.496 e. The van der Waals surface area contributed by atoms with Crippen LogP contribution in [0.5, 0.6) is 5.75 Å². The lowest BCUT2D eigenvalue weighted by Crippen LogP contribution is -2.51. The fourth-order valence-corrected chi connectivity index (χ4v) is 3.39. The van der Waals surface area contributed by atoms with E-state index in [1.165, 1.54) is 0 Å². The molecule has 0 radical (unpaired) electrons. The molecule has 1 aromatic carbocycles. The van der Waals surface area contributed by atoms with Crippen molar-refractivity contribution in [2.45, 2.75) is 38.5 Å². The number of rotatable bonds is 5. The van der Waals surface area contributed by atoms with Crippen LogP contribution in [0.3, 0.4) is 0 Å². The topological polar surface area (TPSA) is 47.7 Å². The third-order valence-electron chi connectivity index (χ3n) is 4.16. The van der Waals surface area contributed by atoms with Gasteiger partial charge in [0.05, 0.1) is 25.9 Å².